The minimum atomic E-state index is 0.132. The van der Waals surface area contributed by atoms with Crippen molar-refractivity contribution in [2.75, 3.05) is 13.2 Å². The van der Waals surface area contributed by atoms with Gasteiger partial charge in [-0.25, -0.2) is 4.99 Å². The van der Waals surface area contributed by atoms with Crippen LogP contribution in [0.15, 0.2) is 47.5 Å². The fraction of sp³-hybridized carbons (Fsp3) is 0.444. The highest BCUT2D eigenvalue weighted by Gasteiger charge is 2.07. The lowest BCUT2D eigenvalue weighted by Gasteiger charge is -2.07. The zero-order chi connectivity index (χ0) is 24.0. The SMILES string of the molecule is CCCCCCCCOc1ccc(/C=N/c2nnc(-c3ccc(OCCCC)cc3)s2)c(O)c1. The van der Waals surface area contributed by atoms with Gasteiger partial charge in [-0.15, -0.1) is 10.2 Å². The fourth-order valence-corrected chi connectivity index (χ4v) is 4.03. The van der Waals surface area contributed by atoms with Gasteiger partial charge >= 0.3 is 0 Å². The van der Waals surface area contributed by atoms with Crippen LogP contribution in [-0.2, 0) is 0 Å². The molecule has 0 atom stereocenters. The fourth-order valence-electron chi connectivity index (χ4n) is 3.33. The Hall–Kier alpha value is -2.93. The van der Waals surface area contributed by atoms with E-state index >= 15 is 0 Å². The summed E-state index contributed by atoms with van der Waals surface area (Å²) in [5, 5.41) is 20.0. The molecule has 0 amide bonds. The van der Waals surface area contributed by atoms with E-state index < -0.39 is 0 Å². The van der Waals surface area contributed by atoms with Gasteiger partial charge < -0.3 is 14.6 Å². The van der Waals surface area contributed by atoms with Gasteiger partial charge in [0.2, 0.25) is 5.13 Å². The first-order valence-corrected chi connectivity index (χ1v) is 13.1. The number of hydrogen-bond acceptors (Lipinski definition) is 7. The maximum absolute atomic E-state index is 10.3. The van der Waals surface area contributed by atoms with Crippen molar-refractivity contribution in [2.24, 2.45) is 4.99 Å². The van der Waals surface area contributed by atoms with Crippen molar-refractivity contribution in [1.82, 2.24) is 10.2 Å². The van der Waals surface area contributed by atoms with Crippen LogP contribution in [0.4, 0.5) is 5.13 Å². The predicted molar refractivity (Wildman–Crippen MR) is 140 cm³/mol. The summed E-state index contributed by atoms with van der Waals surface area (Å²) < 4.78 is 11.5. The summed E-state index contributed by atoms with van der Waals surface area (Å²) in [6.07, 6.45) is 11.1. The summed E-state index contributed by atoms with van der Waals surface area (Å²) in [6, 6.07) is 13.1. The van der Waals surface area contributed by atoms with Gasteiger partial charge in [-0.2, -0.15) is 0 Å². The van der Waals surface area contributed by atoms with Gasteiger partial charge in [-0.3, -0.25) is 0 Å². The molecular weight excluding hydrogens is 446 g/mol. The number of benzene rings is 2. The highest BCUT2D eigenvalue weighted by atomic mass is 32.1. The zero-order valence-corrected chi connectivity index (χ0v) is 21.0. The summed E-state index contributed by atoms with van der Waals surface area (Å²) in [4.78, 5) is 4.39. The van der Waals surface area contributed by atoms with Crippen LogP contribution in [0.1, 0.15) is 70.8 Å². The Morgan fingerprint density at radius 3 is 2.26 bits per heavy atom. The lowest BCUT2D eigenvalue weighted by atomic mass is 10.1. The van der Waals surface area contributed by atoms with Crippen molar-refractivity contribution in [3.05, 3.63) is 48.0 Å². The third-order valence-electron chi connectivity index (χ3n) is 5.36. The maximum atomic E-state index is 10.3. The Morgan fingerprint density at radius 1 is 0.824 bits per heavy atom. The van der Waals surface area contributed by atoms with Crippen LogP contribution >= 0.6 is 11.3 Å². The molecule has 0 spiro atoms. The number of aliphatic imine (C=N–C) groups is 1. The van der Waals surface area contributed by atoms with Crippen LogP contribution in [0.3, 0.4) is 0 Å². The Bertz CT molecular complexity index is 1020. The second-order valence-electron chi connectivity index (χ2n) is 8.21. The second-order valence-corrected chi connectivity index (χ2v) is 9.17. The molecule has 0 bridgehead atoms. The third kappa shape index (κ3) is 8.45. The number of phenolic OH excluding ortho intramolecular Hbond substituents is 1. The average molecular weight is 482 g/mol. The number of unbranched alkanes of at least 4 members (excludes halogenated alkanes) is 6. The Morgan fingerprint density at radius 2 is 1.50 bits per heavy atom. The molecule has 0 saturated heterocycles. The van der Waals surface area contributed by atoms with E-state index in [-0.39, 0.29) is 5.75 Å². The van der Waals surface area contributed by atoms with E-state index in [0.717, 1.165) is 42.2 Å². The molecule has 0 saturated carbocycles. The lowest BCUT2D eigenvalue weighted by Crippen LogP contribution is -1.97. The summed E-state index contributed by atoms with van der Waals surface area (Å²) >= 11 is 1.39. The van der Waals surface area contributed by atoms with Crippen LogP contribution in [0.5, 0.6) is 17.2 Å². The molecule has 182 valence electrons. The summed E-state index contributed by atoms with van der Waals surface area (Å²) in [7, 11) is 0. The number of hydrogen-bond donors (Lipinski definition) is 1. The lowest BCUT2D eigenvalue weighted by molar-refractivity contribution is 0.302. The molecule has 0 aliphatic heterocycles. The molecule has 2 aromatic carbocycles. The van der Waals surface area contributed by atoms with Gasteiger partial charge in [0.1, 0.15) is 22.3 Å². The summed E-state index contributed by atoms with van der Waals surface area (Å²) in [6.45, 7) is 5.76. The van der Waals surface area contributed by atoms with Gasteiger partial charge in [-0.05, 0) is 49.2 Å². The molecule has 1 N–H and O–H groups in total. The zero-order valence-electron chi connectivity index (χ0n) is 20.2. The van der Waals surface area contributed by atoms with Gasteiger partial charge in [0, 0.05) is 23.4 Å². The number of aromatic nitrogens is 2. The van der Waals surface area contributed by atoms with Gasteiger partial charge in [0.25, 0.3) is 0 Å². The van der Waals surface area contributed by atoms with Crippen molar-refractivity contribution < 1.29 is 14.6 Å². The number of aromatic hydroxyl groups is 1. The smallest absolute Gasteiger partial charge is 0.231 e. The predicted octanol–water partition coefficient (Wildman–Crippen LogP) is 7.58. The van der Waals surface area contributed by atoms with E-state index in [0.29, 0.717) is 23.1 Å². The molecule has 0 aliphatic rings. The van der Waals surface area contributed by atoms with Gasteiger partial charge in [-0.1, -0.05) is 63.7 Å². The summed E-state index contributed by atoms with van der Waals surface area (Å²) in [5.74, 6) is 1.66. The maximum Gasteiger partial charge on any atom is 0.231 e. The van der Waals surface area contributed by atoms with Crippen LogP contribution in [0, 0.1) is 0 Å². The van der Waals surface area contributed by atoms with E-state index in [9.17, 15) is 5.11 Å². The van der Waals surface area contributed by atoms with E-state index in [1.807, 2.05) is 30.3 Å². The van der Waals surface area contributed by atoms with Crippen molar-refractivity contribution in [3.63, 3.8) is 0 Å². The first kappa shape index (κ1) is 25.7. The average Bonchev–Trinajstić information content (AvgIpc) is 3.32. The van der Waals surface area contributed by atoms with E-state index in [1.165, 1.54) is 43.4 Å². The monoisotopic (exact) mass is 481 g/mol. The van der Waals surface area contributed by atoms with Crippen LogP contribution < -0.4 is 9.47 Å². The van der Waals surface area contributed by atoms with Crippen LogP contribution in [0.2, 0.25) is 0 Å². The first-order chi connectivity index (χ1) is 16.7. The highest BCUT2D eigenvalue weighted by molar-refractivity contribution is 7.18. The minimum absolute atomic E-state index is 0.132. The quantitative estimate of drug-likeness (QED) is 0.179. The topological polar surface area (TPSA) is 76.8 Å². The molecule has 0 fully saturated rings. The molecule has 7 heteroatoms. The molecular formula is C27H35N3O3S. The Balaban J connectivity index is 1.50. The molecule has 0 aliphatic carbocycles. The molecule has 1 aromatic heterocycles. The van der Waals surface area contributed by atoms with Crippen molar-refractivity contribution in [3.8, 4) is 27.8 Å². The highest BCUT2D eigenvalue weighted by Crippen LogP contribution is 2.30. The normalized spacial score (nSPS) is 11.2. The Labute approximate surface area is 206 Å². The molecule has 6 nitrogen and oxygen atoms in total. The Kier molecular flexibility index (Phi) is 10.8. The molecule has 0 radical (unpaired) electrons. The minimum Gasteiger partial charge on any atom is -0.507 e. The van der Waals surface area contributed by atoms with E-state index in [4.69, 9.17) is 9.47 Å². The number of rotatable bonds is 15. The van der Waals surface area contributed by atoms with E-state index in [1.54, 1.807) is 18.3 Å². The first-order valence-electron chi connectivity index (χ1n) is 12.3. The summed E-state index contributed by atoms with van der Waals surface area (Å²) in [5.41, 5.74) is 1.58. The molecule has 0 unspecified atom stereocenters. The molecule has 34 heavy (non-hydrogen) atoms. The van der Waals surface area contributed by atoms with Gasteiger partial charge in [0.15, 0.2) is 0 Å². The van der Waals surface area contributed by atoms with Crippen molar-refractivity contribution >= 4 is 22.7 Å². The molecule has 1 heterocycles. The largest absolute Gasteiger partial charge is 0.507 e. The van der Waals surface area contributed by atoms with Gasteiger partial charge in [0.05, 0.1) is 13.2 Å². The standard InChI is InChI=1S/C27H35N3O3S/c1-3-5-7-8-9-10-18-33-24-16-13-22(25(31)19-24)20-28-27-30-29-26(34-27)21-11-14-23(15-12-21)32-17-6-4-2/h11-16,19-20,31H,3-10,17-18H2,1-2H3/b28-20+. The van der Waals surface area contributed by atoms with Crippen LogP contribution in [-0.4, -0.2) is 34.7 Å². The van der Waals surface area contributed by atoms with Crippen LogP contribution in [0.25, 0.3) is 10.6 Å². The number of nitrogens with zero attached hydrogens (tertiary/aromatic N) is 3. The van der Waals surface area contributed by atoms with Crippen molar-refractivity contribution in [1.29, 1.82) is 0 Å². The van der Waals surface area contributed by atoms with Crippen molar-refractivity contribution in [2.45, 2.75) is 65.2 Å². The second kappa shape index (κ2) is 14.4. The third-order valence-corrected chi connectivity index (χ3v) is 6.25. The molecule has 3 aromatic rings. The molecule has 3 rings (SSSR count). The van der Waals surface area contributed by atoms with E-state index in [2.05, 4.69) is 29.0 Å². The number of ether oxygens (including phenoxy) is 2. The number of phenols is 1.